The van der Waals surface area contributed by atoms with Crippen LogP contribution >= 0.6 is 0 Å². The molecule has 1 aliphatic carbocycles. The van der Waals surface area contributed by atoms with Gasteiger partial charge in [-0.2, -0.15) is 0 Å². The largest absolute Gasteiger partial charge is 0.361 e. The van der Waals surface area contributed by atoms with Gasteiger partial charge in [0, 0.05) is 23.3 Å². The smallest absolute Gasteiger partial charge is 0.251 e. The van der Waals surface area contributed by atoms with Crippen molar-refractivity contribution in [3.63, 3.8) is 0 Å². The minimum atomic E-state index is 0.0489. The molecule has 106 valence electrons. The van der Waals surface area contributed by atoms with Crippen molar-refractivity contribution in [3.8, 4) is 0 Å². The third-order valence-corrected chi connectivity index (χ3v) is 4.33. The van der Waals surface area contributed by atoms with E-state index in [4.69, 9.17) is 0 Å². The molecule has 0 bridgehead atoms. The van der Waals surface area contributed by atoms with E-state index >= 15 is 0 Å². The summed E-state index contributed by atoms with van der Waals surface area (Å²) >= 11 is 0. The van der Waals surface area contributed by atoms with Crippen LogP contribution < -0.4 is 5.32 Å². The van der Waals surface area contributed by atoms with Gasteiger partial charge in [0.25, 0.3) is 5.91 Å². The van der Waals surface area contributed by atoms with E-state index in [-0.39, 0.29) is 5.91 Å². The number of amides is 1. The number of fused-ring (bicyclic) bond motifs is 1. The maximum absolute atomic E-state index is 12.4. The number of carbonyl (C=O) groups excluding carboxylic acids is 1. The zero-order chi connectivity index (χ0) is 14.1. The average molecular weight is 270 g/mol. The minimum Gasteiger partial charge on any atom is -0.361 e. The highest BCUT2D eigenvalue weighted by Crippen LogP contribution is 2.28. The molecule has 1 aromatic heterocycles. The molecule has 0 aliphatic heterocycles. The minimum absolute atomic E-state index is 0.0489. The molecule has 1 aromatic carbocycles. The first-order chi connectivity index (χ1) is 9.61. The van der Waals surface area contributed by atoms with Crippen LogP contribution in [0.25, 0.3) is 10.9 Å². The number of hydrogen-bond donors (Lipinski definition) is 2. The van der Waals surface area contributed by atoms with E-state index in [1.54, 1.807) is 0 Å². The first-order valence-electron chi connectivity index (χ1n) is 7.50. The number of nitrogens with one attached hydrogen (secondary N) is 2. The van der Waals surface area contributed by atoms with E-state index in [2.05, 4.69) is 24.1 Å². The predicted octanol–water partition coefficient (Wildman–Crippen LogP) is 3.72. The van der Waals surface area contributed by atoms with Gasteiger partial charge >= 0.3 is 0 Å². The zero-order valence-electron chi connectivity index (χ0n) is 12.1. The number of carbonyl (C=O) groups is 1. The van der Waals surface area contributed by atoms with E-state index in [1.807, 2.05) is 30.5 Å². The Hall–Kier alpha value is -1.77. The Morgan fingerprint density at radius 2 is 1.90 bits per heavy atom. The van der Waals surface area contributed by atoms with Gasteiger partial charge in [-0.25, -0.2) is 0 Å². The molecular formula is C17H22N2O. The number of aromatic amines is 1. The van der Waals surface area contributed by atoms with Crippen molar-refractivity contribution in [2.24, 2.45) is 11.8 Å². The number of hydrogen-bond acceptors (Lipinski definition) is 1. The molecule has 2 unspecified atom stereocenters. The molecule has 2 aromatic rings. The summed E-state index contributed by atoms with van der Waals surface area (Å²) in [7, 11) is 0. The van der Waals surface area contributed by atoms with Gasteiger partial charge in [0.15, 0.2) is 0 Å². The van der Waals surface area contributed by atoms with Crippen molar-refractivity contribution in [1.82, 2.24) is 10.3 Å². The Kier molecular flexibility index (Phi) is 3.51. The molecule has 2 N–H and O–H groups in total. The monoisotopic (exact) mass is 270 g/mol. The molecule has 0 saturated heterocycles. The number of aromatic nitrogens is 1. The van der Waals surface area contributed by atoms with Gasteiger partial charge in [-0.05, 0) is 54.7 Å². The van der Waals surface area contributed by atoms with E-state index < -0.39 is 0 Å². The summed E-state index contributed by atoms with van der Waals surface area (Å²) in [5.74, 6) is 1.46. The van der Waals surface area contributed by atoms with Crippen molar-refractivity contribution in [2.45, 2.75) is 39.2 Å². The lowest BCUT2D eigenvalue weighted by Gasteiger charge is -2.32. The van der Waals surface area contributed by atoms with Crippen LogP contribution in [0.4, 0.5) is 0 Å². The molecule has 2 atom stereocenters. The number of rotatable bonds is 2. The van der Waals surface area contributed by atoms with Crippen molar-refractivity contribution < 1.29 is 4.79 Å². The molecule has 3 nitrogen and oxygen atoms in total. The lowest BCUT2D eigenvalue weighted by molar-refractivity contribution is 0.0911. The summed E-state index contributed by atoms with van der Waals surface area (Å²) in [6.45, 7) is 4.56. The Morgan fingerprint density at radius 3 is 2.65 bits per heavy atom. The van der Waals surface area contributed by atoms with Crippen LogP contribution in [0.3, 0.4) is 0 Å². The number of H-pyrrole nitrogens is 1. The summed E-state index contributed by atoms with van der Waals surface area (Å²) in [5, 5.41) is 4.34. The second-order valence-corrected chi connectivity index (χ2v) is 6.37. The lowest BCUT2D eigenvalue weighted by Crippen LogP contribution is -2.40. The Labute approximate surface area is 119 Å². The van der Waals surface area contributed by atoms with Gasteiger partial charge in [0.1, 0.15) is 0 Å². The summed E-state index contributed by atoms with van der Waals surface area (Å²) in [5.41, 5.74) is 1.76. The van der Waals surface area contributed by atoms with Gasteiger partial charge in [0.2, 0.25) is 0 Å². The molecule has 1 aliphatic rings. The fourth-order valence-corrected chi connectivity index (χ4v) is 3.52. The third-order valence-electron chi connectivity index (χ3n) is 4.33. The summed E-state index contributed by atoms with van der Waals surface area (Å²) in [6, 6.07) is 8.16. The maximum Gasteiger partial charge on any atom is 0.251 e. The Bertz CT molecular complexity index is 606. The second kappa shape index (κ2) is 5.31. The predicted molar refractivity (Wildman–Crippen MR) is 81.7 cm³/mol. The molecule has 1 heterocycles. The first kappa shape index (κ1) is 13.2. The van der Waals surface area contributed by atoms with Crippen molar-refractivity contribution in [3.05, 3.63) is 36.0 Å². The zero-order valence-corrected chi connectivity index (χ0v) is 12.1. The molecule has 1 fully saturated rings. The van der Waals surface area contributed by atoms with Crippen LogP contribution in [0, 0.1) is 11.8 Å². The fraction of sp³-hybridized carbons (Fsp3) is 0.471. The van der Waals surface area contributed by atoms with Crippen LogP contribution in [-0.2, 0) is 0 Å². The van der Waals surface area contributed by atoms with Crippen LogP contribution in [0.15, 0.2) is 30.5 Å². The topological polar surface area (TPSA) is 44.9 Å². The molecule has 3 rings (SSSR count). The first-order valence-corrected chi connectivity index (χ1v) is 7.50. The van der Waals surface area contributed by atoms with E-state index in [1.165, 1.54) is 6.42 Å². The molecule has 0 radical (unpaired) electrons. The highest BCUT2D eigenvalue weighted by molar-refractivity contribution is 5.98. The summed E-state index contributed by atoms with van der Waals surface area (Å²) < 4.78 is 0. The maximum atomic E-state index is 12.4. The summed E-state index contributed by atoms with van der Waals surface area (Å²) in [4.78, 5) is 15.5. The van der Waals surface area contributed by atoms with Crippen molar-refractivity contribution in [2.75, 3.05) is 0 Å². The molecular weight excluding hydrogens is 248 g/mol. The average Bonchev–Trinajstić information content (AvgIpc) is 2.84. The Balaban J connectivity index is 1.72. The van der Waals surface area contributed by atoms with Crippen LogP contribution in [0.2, 0.25) is 0 Å². The van der Waals surface area contributed by atoms with Gasteiger partial charge in [0.05, 0.1) is 0 Å². The fourth-order valence-electron chi connectivity index (χ4n) is 3.52. The SMILES string of the molecule is CC1CC(C)CC(NC(=O)c2ccc3cc[nH]c3c2)C1. The van der Waals surface area contributed by atoms with Gasteiger partial charge in [-0.1, -0.05) is 19.9 Å². The van der Waals surface area contributed by atoms with Crippen molar-refractivity contribution in [1.29, 1.82) is 0 Å². The molecule has 20 heavy (non-hydrogen) atoms. The van der Waals surface area contributed by atoms with E-state index in [0.717, 1.165) is 29.3 Å². The number of benzene rings is 1. The Morgan fingerprint density at radius 1 is 1.15 bits per heavy atom. The molecule has 1 amide bonds. The molecule has 3 heteroatoms. The third kappa shape index (κ3) is 2.72. The van der Waals surface area contributed by atoms with Crippen LogP contribution in [0.1, 0.15) is 43.5 Å². The van der Waals surface area contributed by atoms with Crippen molar-refractivity contribution >= 4 is 16.8 Å². The van der Waals surface area contributed by atoms with E-state index in [0.29, 0.717) is 17.9 Å². The molecule has 0 spiro atoms. The van der Waals surface area contributed by atoms with E-state index in [9.17, 15) is 4.79 Å². The van der Waals surface area contributed by atoms with Gasteiger partial charge < -0.3 is 10.3 Å². The second-order valence-electron chi connectivity index (χ2n) is 6.37. The standard InChI is InChI=1S/C17H22N2O/c1-11-7-12(2)9-15(8-11)19-17(20)14-4-3-13-5-6-18-16(13)10-14/h3-6,10-12,15,18H,7-9H2,1-2H3,(H,19,20). The highest BCUT2D eigenvalue weighted by Gasteiger charge is 2.25. The van der Waals surface area contributed by atoms with Crippen LogP contribution in [0.5, 0.6) is 0 Å². The lowest BCUT2D eigenvalue weighted by atomic mass is 9.80. The molecule has 1 saturated carbocycles. The summed E-state index contributed by atoms with van der Waals surface area (Å²) in [6.07, 6.45) is 5.37. The highest BCUT2D eigenvalue weighted by atomic mass is 16.1. The quantitative estimate of drug-likeness (QED) is 0.858. The van der Waals surface area contributed by atoms with Gasteiger partial charge in [-0.15, -0.1) is 0 Å². The van der Waals surface area contributed by atoms with Crippen LogP contribution in [-0.4, -0.2) is 16.9 Å². The van der Waals surface area contributed by atoms with Gasteiger partial charge in [-0.3, -0.25) is 4.79 Å². The normalized spacial score (nSPS) is 26.6.